The molecule has 1 N–H and O–H groups in total. The first-order valence-corrected chi connectivity index (χ1v) is 8.63. The highest BCUT2D eigenvalue weighted by molar-refractivity contribution is 5.98. The zero-order valence-electron chi connectivity index (χ0n) is 13.5. The van der Waals surface area contributed by atoms with Gasteiger partial charge in [-0.15, -0.1) is 0 Å². The van der Waals surface area contributed by atoms with Crippen LogP contribution in [0.5, 0.6) is 0 Å². The van der Waals surface area contributed by atoms with E-state index in [0.29, 0.717) is 5.39 Å². The number of para-hydroxylation sites is 1. The summed E-state index contributed by atoms with van der Waals surface area (Å²) in [7, 11) is 0. The van der Waals surface area contributed by atoms with E-state index in [1.54, 1.807) is 6.20 Å². The third-order valence-corrected chi connectivity index (χ3v) is 5.31. The highest BCUT2D eigenvalue weighted by Gasteiger charge is 2.25. The van der Waals surface area contributed by atoms with Crippen LogP contribution >= 0.6 is 0 Å². The molecule has 0 spiro atoms. The van der Waals surface area contributed by atoms with Gasteiger partial charge in [0.05, 0.1) is 5.52 Å². The van der Waals surface area contributed by atoms with E-state index in [1.807, 2.05) is 12.1 Å². The molecule has 4 rings (SSSR count). The maximum absolute atomic E-state index is 12.8. The number of hydrogen-bond acceptors (Lipinski definition) is 2. The van der Waals surface area contributed by atoms with Crippen LogP contribution in [0.15, 0.2) is 29.2 Å². The molecule has 1 fully saturated rings. The second-order valence-electron chi connectivity index (χ2n) is 6.95. The van der Waals surface area contributed by atoms with Crippen molar-refractivity contribution in [3.05, 3.63) is 45.7 Å². The molecule has 2 aromatic rings. The Balaban J connectivity index is 1.75. The third kappa shape index (κ3) is 2.37. The van der Waals surface area contributed by atoms with Gasteiger partial charge >= 0.3 is 0 Å². The quantitative estimate of drug-likeness (QED) is 0.926. The zero-order chi connectivity index (χ0) is 16.0. The molecule has 1 amide bonds. The van der Waals surface area contributed by atoms with Gasteiger partial charge in [0.1, 0.15) is 5.56 Å². The van der Waals surface area contributed by atoms with Gasteiger partial charge in [-0.25, -0.2) is 0 Å². The van der Waals surface area contributed by atoms with Gasteiger partial charge in [-0.3, -0.25) is 9.59 Å². The lowest BCUT2D eigenvalue weighted by Crippen LogP contribution is -2.38. The van der Waals surface area contributed by atoms with Gasteiger partial charge in [-0.2, -0.15) is 0 Å². The van der Waals surface area contributed by atoms with Crippen LogP contribution in [0, 0.1) is 0 Å². The van der Waals surface area contributed by atoms with E-state index in [0.717, 1.165) is 37.6 Å². The molecule has 1 aliphatic heterocycles. The number of benzene rings is 1. The van der Waals surface area contributed by atoms with E-state index in [1.165, 1.54) is 12.0 Å². The van der Waals surface area contributed by atoms with Gasteiger partial charge in [0.2, 0.25) is 5.43 Å². The lowest BCUT2D eigenvalue weighted by atomic mass is 9.95. The largest absolute Gasteiger partial charge is 0.349 e. The first-order valence-electron chi connectivity index (χ1n) is 8.63. The van der Waals surface area contributed by atoms with Gasteiger partial charge in [-0.1, -0.05) is 31.4 Å². The van der Waals surface area contributed by atoms with Crippen molar-refractivity contribution < 1.29 is 4.79 Å². The Bertz CT molecular complexity index is 831. The molecular formula is C19H22N2O2. The number of carbonyl (C=O) groups is 1. The van der Waals surface area contributed by atoms with Crippen molar-refractivity contribution in [1.82, 2.24) is 9.88 Å². The second-order valence-corrected chi connectivity index (χ2v) is 6.95. The summed E-state index contributed by atoms with van der Waals surface area (Å²) in [6, 6.07) is 6.34. The Hall–Kier alpha value is -2.10. The average Bonchev–Trinajstić information content (AvgIpc) is 2.88. The zero-order valence-corrected chi connectivity index (χ0v) is 13.5. The monoisotopic (exact) mass is 310 g/mol. The van der Waals surface area contributed by atoms with Gasteiger partial charge < -0.3 is 9.88 Å². The molecule has 1 aliphatic carbocycles. The molecule has 4 heteroatoms. The third-order valence-electron chi connectivity index (χ3n) is 5.31. The molecule has 1 saturated carbocycles. The van der Waals surface area contributed by atoms with Gasteiger partial charge in [0.25, 0.3) is 5.91 Å². The maximum atomic E-state index is 12.8. The lowest BCUT2D eigenvalue weighted by Gasteiger charge is -2.23. The fraction of sp³-hybridized carbons (Fsp3) is 0.474. The first kappa shape index (κ1) is 14.5. The fourth-order valence-corrected chi connectivity index (χ4v) is 4.09. The van der Waals surface area contributed by atoms with E-state index in [-0.39, 0.29) is 29.0 Å². The number of hydrogen-bond donors (Lipinski definition) is 1. The molecular weight excluding hydrogens is 288 g/mol. The Morgan fingerprint density at radius 1 is 1.22 bits per heavy atom. The molecule has 23 heavy (non-hydrogen) atoms. The standard InChI is InChI=1S/C19H22N2O2/c1-12-10-13-6-5-9-15-17(13)21(12)11-16(18(15)22)19(23)20-14-7-3-2-4-8-14/h5-6,9,11-12,14H,2-4,7-8,10H2,1H3,(H,20,23). The SMILES string of the molecule is CC1Cc2cccc3c(=O)c(C(=O)NC4CCCCC4)cn1c23. The predicted molar refractivity (Wildman–Crippen MR) is 91.0 cm³/mol. The molecule has 4 nitrogen and oxygen atoms in total. The molecule has 1 unspecified atom stereocenters. The number of carbonyl (C=O) groups excluding carboxylic acids is 1. The van der Waals surface area contributed by atoms with Gasteiger partial charge in [0.15, 0.2) is 0 Å². The van der Waals surface area contributed by atoms with Crippen LogP contribution < -0.4 is 10.7 Å². The fourth-order valence-electron chi connectivity index (χ4n) is 4.09. The number of pyridine rings is 1. The number of aromatic nitrogens is 1. The summed E-state index contributed by atoms with van der Waals surface area (Å²) in [5, 5.41) is 3.74. The minimum atomic E-state index is -0.211. The smallest absolute Gasteiger partial charge is 0.256 e. The molecule has 0 bridgehead atoms. The van der Waals surface area contributed by atoms with E-state index in [4.69, 9.17) is 0 Å². The van der Waals surface area contributed by atoms with Crippen molar-refractivity contribution in [3.8, 4) is 0 Å². The Kier molecular flexibility index (Phi) is 3.47. The normalized spacial score (nSPS) is 20.8. The Morgan fingerprint density at radius 2 is 2.00 bits per heavy atom. The Morgan fingerprint density at radius 3 is 2.78 bits per heavy atom. The maximum Gasteiger partial charge on any atom is 0.256 e. The second kappa shape index (κ2) is 5.52. The van der Waals surface area contributed by atoms with Crippen molar-refractivity contribution in [2.75, 3.05) is 0 Å². The van der Waals surface area contributed by atoms with Crippen LogP contribution in [0.1, 0.15) is 61.0 Å². The lowest BCUT2D eigenvalue weighted by molar-refractivity contribution is 0.0926. The molecule has 2 aliphatic rings. The van der Waals surface area contributed by atoms with Crippen molar-refractivity contribution in [3.63, 3.8) is 0 Å². The van der Waals surface area contributed by atoms with Crippen molar-refractivity contribution in [1.29, 1.82) is 0 Å². The van der Waals surface area contributed by atoms with Crippen LogP contribution in [-0.2, 0) is 6.42 Å². The van der Waals surface area contributed by atoms with Crippen molar-refractivity contribution in [2.24, 2.45) is 0 Å². The van der Waals surface area contributed by atoms with E-state index in [2.05, 4.69) is 22.9 Å². The molecule has 0 saturated heterocycles. The molecule has 1 aromatic heterocycles. The van der Waals surface area contributed by atoms with E-state index in [9.17, 15) is 9.59 Å². The Labute approximate surface area is 135 Å². The number of nitrogens with zero attached hydrogens (tertiary/aromatic N) is 1. The molecule has 120 valence electrons. The number of amides is 1. The van der Waals surface area contributed by atoms with Gasteiger partial charge in [-0.05, 0) is 37.8 Å². The molecule has 0 radical (unpaired) electrons. The predicted octanol–water partition coefficient (Wildman–Crippen LogP) is 3.18. The summed E-state index contributed by atoms with van der Waals surface area (Å²) in [6.45, 7) is 2.13. The summed E-state index contributed by atoms with van der Waals surface area (Å²) >= 11 is 0. The molecule has 2 heterocycles. The summed E-state index contributed by atoms with van der Waals surface area (Å²) in [5.41, 5.74) is 2.35. The summed E-state index contributed by atoms with van der Waals surface area (Å²) in [5.74, 6) is -0.211. The van der Waals surface area contributed by atoms with Crippen LogP contribution in [0.4, 0.5) is 0 Å². The van der Waals surface area contributed by atoms with Gasteiger partial charge in [0, 0.05) is 23.7 Å². The van der Waals surface area contributed by atoms with Crippen molar-refractivity contribution >= 4 is 16.8 Å². The number of rotatable bonds is 2. The topological polar surface area (TPSA) is 51.1 Å². The van der Waals surface area contributed by atoms with Crippen LogP contribution in [0.2, 0.25) is 0 Å². The minimum Gasteiger partial charge on any atom is -0.349 e. The molecule has 1 aromatic carbocycles. The summed E-state index contributed by atoms with van der Waals surface area (Å²) in [6.07, 6.45) is 8.30. The number of nitrogens with one attached hydrogen (secondary N) is 1. The first-order chi connectivity index (χ1) is 11.1. The summed E-state index contributed by atoms with van der Waals surface area (Å²) in [4.78, 5) is 25.4. The van der Waals surface area contributed by atoms with Crippen LogP contribution in [0.25, 0.3) is 10.9 Å². The van der Waals surface area contributed by atoms with Crippen LogP contribution in [0.3, 0.4) is 0 Å². The van der Waals surface area contributed by atoms with Crippen LogP contribution in [-0.4, -0.2) is 16.5 Å². The van der Waals surface area contributed by atoms with E-state index >= 15 is 0 Å². The molecule has 1 atom stereocenters. The minimum absolute atomic E-state index is 0.138. The summed E-state index contributed by atoms with van der Waals surface area (Å²) < 4.78 is 2.10. The van der Waals surface area contributed by atoms with Crippen molar-refractivity contribution in [2.45, 2.75) is 57.5 Å². The highest BCUT2D eigenvalue weighted by Crippen LogP contribution is 2.30. The van der Waals surface area contributed by atoms with E-state index < -0.39 is 0 Å². The average molecular weight is 310 g/mol. The highest BCUT2D eigenvalue weighted by atomic mass is 16.2.